The van der Waals surface area contributed by atoms with Crippen LogP contribution < -0.4 is 5.32 Å². The van der Waals surface area contributed by atoms with Gasteiger partial charge >= 0.3 is 6.18 Å². The fourth-order valence-corrected chi connectivity index (χ4v) is 2.54. The van der Waals surface area contributed by atoms with Gasteiger partial charge < -0.3 is 5.32 Å². The van der Waals surface area contributed by atoms with Crippen molar-refractivity contribution < 1.29 is 13.2 Å². The number of hydrogen-bond donors (Lipinski definition) is 1. The summed E-state index contributed by atoms with van der Waals surface area (Å²) < 4.78 is 36.9. The average Bonchev–Trinajstić information content (AvgIpc) is 2.39. The normalized spacial score (nSPS) is 17.9. The summed E-state index contributed by atoms with van der Waals surface area (Å²) in [5, 5.41) is 3.35. The van der Waals surface area contributed by atoms with Crippen molar-refractivity contribution >= 4 is 5.69 Å². The molecular formula is C15H22F3N3. The molecule has 1 fully saturated rings. The van der Waals surface area contributed by atoms with Gasteiger partial charge in [-0.15, -0.1) is 0 Å². The molecule has 1 aliphatic rings. The molecule has 1 heterocycles. The predicted octanol–water partition coefficient (Wildman–Crippen LogP) is 2.59. The summed E-state index contributed by atoms with van der Waals surface area (Å²) in [4.78, 5) is 3.68. The molecule has 1 saturated heterocycles. The second-order valence-electron chi connectivity index (χ2n) is 5.53. The van der Waals surface area contributed by atoms with Gasteiger partial charge in [0.1, 0.15) is 0 Å². The number of anilines is 1. The van der Waals surface area contributed by atoms with Gasteiger partial charge in [0, 0.05) is 45.0 Å². The molecule has 3 nitrogen and oxygen atoms in total. The zero-order valence-corrected chi connectivity index (χ0v) is 12.3. The smallest absolute Gasteiger partial charge is 0.384 e. The molecule has 0 aliphatic carbocycles. The summed E-state index contributed by atoms with van der Waals surface area (Å²) >= 11 is 0. The molecule has 1 aromatic rings. The number of halogens is 3. The van der Waals surface area contributed by atoms with Crippen LogP contribution in [0.4, 0.5) is 18.9 Å². The molecular weight excluding hydrogens is 279 g/mol. The molecule has 0 aromatic heterocycles. The molecule has 0 bridgehead atoms. The third-order valence-electron chi connectivity index (χ3n) is 3.64. The number of benzene rings is 1. The quantitative estimate of drug-likeness (QED) is 0.902. The van der Waals surface area contributed by atoms with Crippen molar-refractivity contribution in [1.29, 1.82) is 0 Å². The van der Waals surface area contributed by atoms with Crippen molar-refractivity contribution in [1.82, 2.24) is 9.80 Å². The van der Waals surface area contributed by atoms with Crippen LogP contribution in [0.1, 0.15) is 5.56 Å². The highest BCUT2D eigenvalue weighted by Gasteiger charge is 2.31. The van der Waals surface area contributed by atoms with Gasteiger partial charge in [-0.2, -0.15) is 13.2 Å². The van der Waals surface area contributed by atoms with Crippen molar-refractivity contribution in [3.8, 4) is 0 Å². The average molecular weight is 301 g/mol. The first kappa shape index (κ1) is 16.1. The summed E-state index contributed by atoms with van der Waals surface area (Å²) in [7, 11) is 0. The Balaban J connectivity index is 1.65. The Bertz CT molecular complexity index is 440. The highest BCUT2D eigenvalue weighted by atomic mass is 19.4. The van der Waals surface area contributed by atoms with Crippen molar-refractivity contribution in [2.24, 2.45) is 0 Å². The largest absolute Gasteiger partial charge is 0.401 e. The molecule has 0 spiro atoms. The lowest BCUT2D eigenvalue weighted by Gasteiger charge is -2.35. The van der Waals surface area contributed by atoms with Gasteiger partial charge in [-0.05, 0) is 24.6 Å². The fourth-order valence-electron chi connectivity index (χ4n) is 2.54. The molecule has 6 heteroatoms. The predicted molar refractivity (Wildman–Crippen MR) is 78.6 cm³/mol. The van der Waals surface area contributed by atoms with Gasteiger partial charge in [-0.25, -0.2) is 0 Å². The van der Waals surface area contributed by atoms with Crippen molar-refractivity contribution in [3.63, 3.8) is 0 Å². The number of alkyl halides is 3. The highest BCUT2D eigenvalue weighted by molar-refractivity contribution is 5.45. The van der Waals surface area contributed by atoms with Crippen LogP contribution in [0.25, 0.3) is 0 Å². The lowest BCUT2D eigenvalue weighted by Crippen LogP contribution is -2.50. The maximum absolute atomic E-state index is 12.3. The Kier molecular flexibility index (Phi) is 5.47. The number of piperazine rings is 1. The van der Waals surface area contributed by atoms with Crippen LogP contribution in [0.5, 0.6) is 0 Å². The lowest BCUT2D eigenvalue weighted by molar-refractivity contribution is -0.149. The van der Waals surface area contributed by atoms with E-state index in [2.05, 4.69) is 16.3 Å². The summed E-state index contributed by atoms with van der Waals surface area (Å²) in [6.07, 6.45) is -4.09. The molecule has 0 radical (unpaired) electrons. The van der Waals surface area contributed by atoms with Crippen molar-refractivity contribution in [2.75, 3.05) is 51.1 Å². The van der Waals surface area contributed by atoms with Gasteiger partial charge in [0.25, 0.3) is 0 Å². The number of nitrogens with one attached hydrogen (secondary N) is 1. The van der Waals surface area contributed by atoms with E-state index in [1.807, 2.05) is 25.1 Å². The maximum Gasteiger partial charge on any atom is 0.401 e. The van der Waals surface area contributed by atoms with Gasteiger partial charge in [0.05, 0.1) is 6.54 Å². The summed E-state index contributed by atoms with van der Waals surface area (Å²) in [6.45, 7) is 5.30. The van der Waals surface area contributed by atoms with Crippen molar-refractivity contribution in [2.45, 2.75) is 13.1 Å². The van der Waals surface area contributed by atoms with Gasteiger partial charge in [-0.1, -0.05) is 12.1 Å². The summed E-state index contributed by atoms with van der Waals surface area (Å²) in [6, 6.07) is 8.16. The topological polar surface area (TPSA) is 18.5 Å². The third-order valence-corrected chi connectivity index (χ3v) is 3.64. The van der Waals surface area contributed by atoms with Gasteiger partial charge in [0.2, 0.25) is 0 Å². The van der Waals surface area contributed by atoms with E-state index >= 15 is 0 Å². The van der Waals surface area contributed by atoms with Crippen LogP contribution in [0, 0.1) is 6.92 Å². The van der Waals surface area contributed by atoms with Crippen LogP contribution >= 0.6 is 0 Å². The van der Waals surface area contributed by atoms with E-state index in [0.717, 1.165) is 18.8 Å². The standard InChI is InChI=1S/C15H22F3N3/c1-13-3-2-4-14(11-13)19-5-6-20-7-9-21(10-8-20)12-15(16,17)18/h2-4,11,19H,5-10,12H2,1H3. The number of nitrogens with zero attached hydrogens (tertiary/aromatic N) is 2. The monoisotopic (exact) mass is 301 g/mol. The molecule has 1 N–H and O–H groups in total. The SMILES string of the molecule is Cc1cccc(NCCN2CCN(CC(F)(F)F)CC2)c1. The zero-order chi connectivity index (χ0) is 15.3. The van der Waals surface area contributed by atoms with E-state index in [9.17, 15) is 13.2 Å². The van der Waals surface area contributed by atoms with E-state index in [0.29, 0.717) is 26.2 Å². The Morgan fingerprint density at radius 2 is 1.76 bits per heavy atom. The van der Waals surface area contributed by atoms with Crippen LogP contribution in [0.2, 0.25) is 0 Å². The number of rotatable bonds is 5. The lowest BCUT2D eigenvalue weighted by atomic mass is 10.2. The number of aryl methyl sites for hydroxylation is 1. The molecule has 2 rings (SSSR count). The molecule has 21 heavy (non-hydrogen) atoms. The Morgan fingerprint density at radius 1 is 1.10 bits per heavy atom. The molecule has 1 aliphatic heterocycles. The summed E-state index contributed by atoms with van der Waals surface area (Å²) in [5.41, 5.74) is 2.30. The van der Waals surface area contributed by atoms with Crippen LogP contribution in [-0.4, -0.2) is 61.8 Å². The fraction of sp³-hybridized carbons (Fsp3) is 0.600. The first-order valence-corrected chi connectivity index (χ1v) is 7.24. The van der Waals surface area contributed by atoms with Crippen LogP contribution in [0.15, 0.2) is 24.3 Å². The molecule has 0 saturated carbocycles. The Morgan fingerprint density at radius 3 is 2.38 bits per heavy atom. The van der Waals surface area contributed by atoms with Gasteiger partial charge in [-0.3, -0.25) is 9.80 Å². The van der Waals surface area contributed by atoms with E-state index in [1.54, 1.807) is 0 Å². The maximum atomic E-state index is 12.3. The molecule has 0 atom stereocenters. The van der Waals surface area contributed by atoms with E-state index in [-0.39, 0.29) is 0 Å². The molecule has 0 amide bonds. The zero-order valence-electron chi connectivity index (χ0n) is 12.3. The minimum absolute atomic E-state index is 0.490. The summed E-state index contributed by atoms with van der Waals surface area (Å²) in [5.74, 6) is 0. The first-order valence-electron chi connectivity index (χ1n) is 7.24. The molecule has 1 aromatic carbocycles. The second kappa shape index (κ2) is 7.13. The first-order chi connectivity index (χ1) is 9.92. The van der Waals surface area contributed by atoms with Crippen molar-refractivity contribution in [3.05, 3.63) is 29.8 Å². The number of hydrogen-bond acceptors (Lipinski definition) is 3. The third kappa shape index (κ3) is 5.93. The molecule has 118 valence electrons. The second-order valence-corrected chi connectivity index (χ2v) is 5.53. The van der Waals surface area contributed by atoms with Crippen LogP contribution in [0.3, 0.4) is 0 Å². The molecule has 0 unspecified atom stereocenters. The van der Waals surface area contributed by atoms with E-state index in [1.165, 1.54) is 10.5 Å². The van der Waals surface area contributed by atoms with E-state index in [4.69, 9.17) is 0 Å². The highest BCUT2D eigenvalue weighted by Crippen LogP contribution is 2.17. The van der Waals surface area contributed by atoms with Gasteiger partial charge in [0.15, 0.2) is 0 Å². The minimum Gasteiger partial charge on any atom is -0.384 e. The van der Waals surface area contributed by atoms with E-state index < -0.39 is 12.7 Å². The minimum atomic E-state index is -4.09. The Labute approximate surface area is 123 Å². The van der Waals surface area contributed by atoms with Crippen LogP contribution in [-0.2, 0) is 0 Å². The Hall–Kier alpha value is -1.27.